The lowest BCUT2D eigenvalue weighted by atomic mass is 9.58. The molecule has 0 saturated heterocycles. The maximum Gasteiger partial charge on any atom is 0.191 e. The molecule has 0 amide bonds. The molecule has 2 N–H and O–H groups in total. The van der Waals surface area contributed by atoms with Gasteiger partial charge in [0.2, 0.25) is 0 Å². The van der Waals surface area contributed by atoms with Crippen LogP contribution in [0.4, 0.5) is 5.82 Å². The minimum Gasteiger partial charge on any atom is -0.378 e. The lowest BCUT2D eigenvalue weighted by molar-refractivity contribution is -0.133. The quantitative estimate of drug-likeness (QED) is 0.333. The maximum absolute atomic E-state index is 5.97. The Morgan fingerprint density at radius 2 is 2.04 bits per heavy atom. The molecule has 0 aliphatic heterocycles. The van der Waals surface area contributed by atoms with Crippen molar-refractivity contribution in [1.29, 1.82) is 0 Å². The number of nitrogens with zero attached hydrogens (tertiary/aromatic N) is 3. The van der Waals surface area contributed by atoms with E-state index < -0.39 is 0 Å². The van der Waals surface area contributed by atoms with Crippen LogP contribution in [0.3, 0.4) is 0 Å². The van der Waals surface area contributed by atoms with Gasteiger partial charge in [0.15, 0.2) is 5.96 Å². The van der Waals surface area contributed by atoms with Crippen LogP contribution in [0.15, 0.2) is 23.3 Å². The smallest absolute Gasteiger partial charge is 0.191 e. The van der Waals surface area contributed by atoms with Gasteiger partial charge in [-0.2, -0.15) is 0 Å². The summed E-state index contributed by atoms with van der Waals surface area (Å²) in [6.45, 7) is 8.10. The van der Waals surface area contributed by atoms with Crippen LogP contribution >= 0.6 is 24.0 Å². The van der Waals surface area contributed by atoms with Crippen LogP contribution in [0.5, 0.6) is 0 Å². The Bertz CT molecular complexity index is 604. The van der Waals surface area contributed by atoms with Crippen molar-refractivity contribution < 1.29 is 4.74 Å². The second kappa shape index (κ2) is 11.0. The van der Waals surface area contributed by atoms with E-state index in [0.717, 1.165) is 44.2 Å². The SMILES string of the molecule is CCOC1CC(NC(=NC)NCc2ccnc(N(C)C)c2)C1(CC)CC.I. The number of aliphatic imine (C=N–C) groups is 1. The van der Waals surface area contributed by atoms with E-state index in [0.29, 0.717) is 12.1 Å². The third-order valence-electron chi connectivity index (χ3n) is 5.73. The zero-order valence-corrected chi connectivity index (χ0v) is 19.9. The van der Waals surface area contributed by atoms with Gasteiger partial charge in [0.1, 0.15) is 5.82 Å². The highest BCUT2D eigenvalue weighted by Gasteiger charge is 2.53. The average molecular weight is 489 g/mol. The normalized spacial score (nSPS) is 21.0. The summed E-state index contributed by atoms with van der Waals surface area (Å²) in [5.74, 6) is 1.81. The summed E-state index contributed by atoms with van der Waals surface area (Å²) in [7, 11) is 5.83. The number of guanidine groups is 1. The monoisotopic (exact) mass is 489 g/mol. The van der Waals surface area contributed by atoms with Gasteiger partial charge >= 0.3 is 0 Å². The summed E-state index contributed by atoms with van der Waals surface area (Å²) >= 11 is 0. The number of anilines is 1. The zero-order valence-electron chi connectivity index (χ0n) is 17.6. The molecular weight excluding hydrogens is 453 g/mol. The Morgan fingerprint density at radius 3 is 2.59 bits per heavy atom. The first kappa shape index (κ1) is 23.9. The molecule has 6 nitrogen and oxygen atoms in total. The molecule has 2 rings (SSSR count). The van der Waals surface area contributed by atoms with E-state index in [1.807, 2.05) is 38.3 Å². The summed E-state index contributed by atoms with van der Waals surface area (Å²) in [6, 6.07) is 4.52. The number of pyridine rings is 1. The van der Waals surface area contributed by atoms with Crippen LogP contribution in [-0.4, -0.2) is 50.8 Å². The van der Waals surface area contributed by atoms with Crippen molar-refractivity contribution in [2.75, 3.05) is 32.6 Å². The number of nitrogens with one attached hydrogen (secondary N) is 2. The fourth-order valence-electron chi connectivity index (χ4n) is 3.94. The molecule has 0 bridgehead atoms. The van der Waals surface area contributed by atoms with Gasteiger partial charge < -0.3 is 20.3 Å². The molecule has 1 fully saturated rings. The summed E-state index contributed by atoms with van der Waals surface area (Å²) in [5, 5.41) is 7.06. The average Bonchev–Trinajstić information content (AvgIpc) is 2.64. The number of hydrogen-bond donors (Lipinski definition) is 2. The number of hydrogen-bond acceptors (Lipinski definition) is 4. The van der Waals surface area contributed by atoms with Gasteiger partial charge in [-0.05, 0) is 43.9 Å². The van der Waals surface area contributed by atoms with Gasteiger partial charge in [-0.1, -0.05) is 13.8 Å². The zero-order chi connectivity index (χ0) is 19.2. The fourth-order valence-corrected chi connectivity index (χ4v) is 3.94. The van der Waals surface area contributed by atoms with Crippen LogP contribution in [-0.2, 0) is 11.3 Å². The number of ether oxygens (including phenoxy) is 1. The molecule has 0 spiro atoms. The van der Waals surface area contributed by atoms with Crippen molar-refractivity contribution in [3.05, 3.63) is 23.9 Å². The third kappa shape index (κ3) is 5.47. The molecule has 2 atom stereocenters. The van der Waals surface area contributed by atoms with E-state index in [9.17, 15) is 0 Å². The molecule has 1 aromatic rings. The second-order valence-corrected chi connectivity index (χ2v) is 7.16. The van der Waals surface area contributed by atoms with E-state index in [4.69, 9.17) is 4.74 Å². The standard InChI is InChI=1S/C20H35N5O.HI/c1-7-20(8-2)16(13-17(20)26-9-3)24-19(21-4)23-14-15-10-11-22-18(12-15)25(5)6;/h10-12,16-17H,7-9,13-14H2,1-6H3,(H2,21,23,24);1H. The van der Waals surface area contributed by atoms with Gasteiger partial charge in [-0.15, -0.1) is 24.0 Å². The van der Waals surface area contributed by atoms with Crippen molar-refractivity contribution in [3.8, 4) is 0 Å². The van der Waals surface area contributed by atoms with Gasteiger partial charge in [0.25, 0.3) is 0 Å². The molecule has 27 heavy (non-hydrogen) atoms. The van der Waals surface area contributed by atoms with Crippen molar-refractivity contribution in [2.24, 2.45) is 10.4 Å². The molecule has 1 heterocycles. The maximum atomic E-state index is 5.97. The molecule has 154 valence electrons. The predicted molar refractivity (Wildman–Crippen MR) is 124 cm³/mol. The van der Waals surface area contributed by atoms with E-state index in [-0.39, 0.29) is 29.4 Å². The van der Waals surface area contributed by atoms with Crippen molar-refractivity contribution in [1.82, 2.24) is 15.6 Å². The van der Waals surface area contributed by atoms with Gasteiger partial charge in [0, 0.05) is 51.9 Å². The second-order valence-electron chi connectivity index (χ2n) is 7.16. The summed E-state index contributed by atoms with van der Waals surface area (Å²) in [4.78, 5) is 10.8. The van der Waals surface area contributed by atoms with E-state index in [1.54, 1.807) is 0 Å². The van der Waals surface area contributed by atoms with Gasteiger partial charge in [0.05, 0.1) is 6.10 Å². The molecule has 0 aromatic carbocycles. The molecule has 2 unspecified atom stereocenters. The largest absolute Gasteiger partial charge is 0.378 e. The molecule has 1 aliphatic carbocycles. The highest BCUT2D eigenvalue weighted by molar-refractivity contribution is 14.0. The van der Waals surface area contributed by atoms with Gasteiger partial charge in [-0.25, -0.2) is 4.98 Å². The first-order valence-electron chi connectivity index (χ1n) is 9.71. The minimum atomic E-state index is 0. The highest BCUT2D eigenvalue weighted by Crippen LogP contribution is 2.48. The number of rotatable bonds is 8. The molecule has 0 radical (unpaired) electrons. The van der Waals surface area contributed by atoms with E-state index >= 15 is 0 Å². The van der Waals surface area contributed by atoms with Crippen LogP contribution < -0.4 is 15.5 Å². The molecule has 7 heteroatoms. The summed E-state index contributed by atoms with van der Waals surface area (Å²) in [6.07, 6.45) is 5.45. The predicted octanol–water partition coefficient (Wildman–Crippen LogP) is 3.41. The van der Waals surface area contributed by atoms with Crippen molar-refractivity contribution in [3.63, 3.8) is 0 Å². The van der Waals surface area contributed by atoms with Crippen LogP contribution in [0.1, 0.15) is 45.6 Å². The Balaban J connectivity index is 0.00000364. The number of aromatic nitrogens is 1. The Kier molecular flexibility index (Phi) is 9.80. The lowest BCUT2D eigenvalue weighted by Gasteiger charge is -2.55. The fraction of sp³-hybridized carbons (Fsp3) is 0.700. The van der Waals surface area contributed by atoms with Crippen LogP contribution in [0.25, 0.3) is 0 Å². The topological polar surface area (TPSA) is 61.8 Å². The molecule has 1 saturated carbocycles. The Hall–Kier alpha value is -1.09. The van der Waals surface area contributed by atoms with Crippen molar-refractivity contribution >= 4 is 35.8 Å². The highest BCUT2D eigenvalue weighted by atomic mass is 127. The minimum absolute atomic E-state index is 0. The summed E-state index contributed by atoms with van der Waals surface area (Å²) < 4.78 is 5.97. The van der Waals surface area contributed by atoms with E-state index in [1.165, 1.54) is 5.56 Å². The lowest BCUT2D eigenvalue weighted by Crippen LogP contribution is -2.65. The summed E-state index contributed by atoms with van der Waals surface area (Å²) in [5.41, 5.74) is 1.38. The van der Waals surface area contributed by atoms with Gasteiger partial charge in [-0.3, -0.25) is 4.99 Å². The number of halogens is 1. The molecule has 1 aromatic heterocycles. The molecule has 1 aliphatic rings. The Labute approximate surface area is 181 Å². The van der Waals surface area contributed by atoms with E-state index in [2.05, 4.69) is 47.4 Å². The molecular formula is C20H36IN5O. The Morgan fingerprint density at radius 1 is 1.33 bits per heavy atom. The first-order valence-corrected chi connectivity index (χ1v) is 9.71. The third-order valence-corrected chi connectivity index (χ3v) is 5.73. The van der Waals surface area contributed by atoms with Crippen LogP contribution in [0.2, 0.25) is 0 Å². The van der Waals surface area contributed by atoms with Crippen molar-refractivity contribution in [2.45, 2.75) is 58.7 Å². The van der Waals surface area contributed by atoms with Crippen LogP contribution in [0, 0.1) is 5.41 Å². The first-order chi connectivity index (χ1) is 12.5.